The van der Waals surface area contributed by atoms with Crippen LogP contribution in [0.5, 0.6) is 5.75 Å². The molecule has 6 nitrogen and oxygen atoms in total. The van der Waals surface area contributed by atoms with Crippen LogP contribution in [0.25, 0.3) is 5.69 Å². The van der Waals surface area contributed by atoms with Crippen molar-refractivity contribution in [2.45, 2.75) is 12.8 Å². The molecule has 0 amide bonds. The normalized spacial score (nSPS) is 17.5. The minimum absolute atomic E-state index is 0.129. The third-order valence-corrected chi connectivity index (χ3v) is 4.42. The Hall–Kier alpha value is -2.05. The first-order chi connectivity index (χ1) is 11.7. The minimum Gasteiger partial charge on any atom is -0.497 e. The lowest BCUT2D eigenvalue weighted by molar-refractivity contribution is 0.0595. The first kappa shape index (κ1) is 16.8. The number of nitrogens with zero attached hydrogens (tertiary/aromatic N) is 2. The summed E-state index contributed by atoms with van der Waals surface area (Å²) in [6.07, 6.45) is 3.75. The monoisotopic (exact) mass is 349 g/mol. The lowest BCUT2D eigenvalue weighted by atomic mass is 10.0. The number of nitrogens with one attached hydrogen (secondary N) is 1. The van der Waals surface area contributed by atoms with Gasteiger partial charge in [-0.2, -0.15) is 9.78 Å². The summed E-state index contributed by atoms with van der Waals surface area (Å²) in [7, 11) is 1.57. The summed E-state index contributed by atoms with van der Waals surface area (Å²) in [5.41, 5.74) is 0.787. The zero-order chi connectivity index (χ0) is 16.9. The van der Waals surface area contributed by atoms with Gasteiger partial charge in [0.15, 0.2) is 0 Å². The van der Waals surface area contributed by atoms with Crippen molar-refractivity contribution in [1.82, 2.24) is 9.78 Å². The van der Waals surface area contributed by atoms with Crippen LogP contribution in [0.3, 0.4) is 0 Å². The van der Waals surface area contributed by atoms with E-state index in [1.165, 1.54) is 4.68 Å². The van der Waals surface area contributed by atoms with E-state index >= 15 is 0 Å². The molecule has 1 N–H and O–H groups in total. The maximum atomic E-state index is 12.5. The quantitative estimate of drug-likeness (QED) is 0.899. The van der Waals surface area contributed by atoms with Crippen LogP contribution in [-0.2, 0) is 4.74 Å². The molecule has 1 aliphatic heterocycles. The van der Waals surface area contributed by atoms with E-state index in [4.69, 9.17) is 21.1 Å². The predicted octanol–water partition coefficient (Wildman–Crippen LogP) is 2.73. The second kappa shape index (κ2) is 7.68. The van der Waals surface area contributed by atoms with Crippen molar-refractivity contribution in [2.75, 3.05) is 32.2 Å². The molecule has 1 saturated heterocycles. The summed E-state index contributed by atoms with van der Waals surface area (Å²) in [4.78, 5) is 12.5. The van der Waals surface area contributed by atoms with Gasteiger partial charge in [0, 0.05) is 19.2 Å². The Labute approximate surface area is 145 Å². The van der Waals surface area contributed by atoms with Crippen LogP contribution in [0.1, 0.15) is 12.8 Å². The summed E-state index contributed by atoms with van der Waals surface area (Å²) in [5.74, 6) is 1.08. The number of hydrogen-bond acceptors (Lipinski definition) is 5. The van der Waals surface area contributed by atoms with Gasteiger partial charge in [-0.15, -0.1) is 0 Å². The molecular formula is C17H20ClN3O3. The molecule has 1 aromatic heterocycles. The van der Waals surface area contributed by atoms with Gasteiger partial charge in [-0.3, -0.25) is 4.79 Å². The summed E-state index contributed by atoms with van der Waals surface area (Å²) in [6, 6.07) is 7.11. The fourth-order valence-corrected chi connectivity index (χ4v) is 2.90. The summed E-state index contributed by atoms with van der Waals surface area (Å²) < 4.78 is 11.9. The maximum Gasteiger partial charge on any atom is 0.292 e. The number of methoxy groups -OCH3 is 1. The Morgan fingerprint density at radius 2 is 2.38 bits per heavy atom. The molecule has 1 atom stereocenters. The number of aromatic nitrogens is 2. The SMILES string of the molecule is COc1cccc(-n2ncc(NCC3CCCOC3)c(Cl)c2=O)c1. The molecule has 7 heteroatoms. The molecular weight excluding hydrogens is 330 g/mol. The standard InChI is InChI=1S/C17H20ClN3O3/c1-23-14-6-2-5-13(8-14)21-17(22)16(18)15(10-20-21)19-9-12-4-3-7-24-11-12/h2,5-6,8,10,12,19H,3-4,7,9,11H2,1H3. The smallest absolute Gasteiger partial charge is 0.292 e. The molecule has 1 fully saturated rings. The highest BCUT2D eigenvalue weighted by atomic mass is 35.5. The van der Waals surface area contributed by atoms with Crippen LogP contribution in [0.15, 0.2) is 35.3 Å². The van der Waals surface area contributed by atoms with Gasteiger partial charge in [-0.1, -0.05) is 17.7 Å². The number of halogens is 1. The fourth-order valence-electron chi connectivity index (χ4n) is 2.70. The van der Waals surface area contributed by atoms with Crippen molar-refractivity contribution in [3.05, 3.63) is 45.8 Å². The zero-order valence-electron chi connectivity index (χ0n) is 13.5. The molecule has 0 bridgehead atoms. The largest absolute Gasteiger partial charge is 0.497 e. The Bertz CT molecular complexity index is 757. The number of hydrogen-bond donors (Lipinski definition) is 1. The van der Waals surface area contributed by atoms with E-state index in [9.17, 15) is 4.79 Å². The van der Waals surface area contributed by atoms with Crippen LogP contribution in [0.4, 0.5) is 5.69 Å². The van der Waals surface area contributed by atoms with Gasteiger partial charge in [0.25, 0.3) is 5.56 Å². The first-order valence-corrected chi connectivity index (χ1v) is 8.30. The highest BCUT2D eigenvalue weighted by molar-refractivity contribution is 6.32. The van der Waals surface area contributed by atoms with E-state index in [-0.39, 0.29) is 10.6 Å². The van der Waals surface area contributed by atoms with E-state index < -0.39 is 0 Å². The number of anilines is 1. The van der Waals surface area contributed by atoms with Crippen LogP contribution in [0, 0.1) is 5.92 Å². The lowest BCUT2D eigenvalue weighted by Gasteiger charge is -2.22. The topological polar surface area (TPSA) is 65.4 Å². The van der Waals surface area contributed by atoms with Crippen LogP contribution in [0.2, 0.25) is 5.02 Å². The van der Waals surface area contributed by atoms with E-state index in [0.29, 0.717) is 29.6 Å². The zero-order valence-corrected chi connectivity index (χ0v) is 14.3. The molecule has 0 aliphatic carbocycles. The van der Waals surface area contributed by atoms with Crippen molar-refractivity contribution < 1.29 is 9.47 Å². The van der Waals surface area contributed by atoms with Crippen LogP contribution in [-0.4, -0.2) is 36.6 Å². The van der Waals surface area contributed by atoms with E-state index in [2.05, 4.69) is 10.4 Å². The van der Waals surface area contributed by atoms with Gasteiger partial charge < -0.3 is 14.8 Å². The number of ether oxygens (including phenoxy) is 2. The van der Waals surface area contributed by atoms with E-state index in [1.54, 1.807) is 37.6 Å². The van der Waals surface area contributed by atoms with Gasteiger partial charge in [0.1, 0.15) is 10.8 Å². The van der Waals surface area contributed by atoms with E-state index in [0.717, 1.165) is 26.1 Å². The molecule has 0 spiro atoms. The molecule has 2 heterocycles. The van der Waals surface area contributed by atoms with Gasteiger partial charge >= 0.3 is 0 Å². The average molecular weight is 350 g/mol. The van der Waals surface area contributed by atoms with Crippen molar-refractivity contribution in [2.24, 2.45) is 5.92 Å². The molecule has 1 aromatic carbocycles. The summed E-state index contributed by atoms with van der Waals surface area (Å²) in [5, 5.41) is 7.56. The highest BCUT2D eigenvalue weighted by Gasteiger charge is 2.16. The van der Waals surface area contributed by atoms with Crippen LogP contribution >= 0.6 is 11.6 Å². The Kier molecular flexibility index (Phi) is 5.37. The number of rotatable bonds is 5. The van der Waals surface area contributed by atoms with Gasteiger partial charge in [0.05, 0.1) is 31.3 Å². The molecule has 1 unspecified atom stereocenters. The lowest BCUT2D eigenvalue weighted by Crippen LogP contribution is -2.26. The Morgan fingerprint density at radius 1 is 1.50 bits per heavy atom. The van der Waals surface area contributed by atoms with Gasteiger partial charge in [0.2, 0.25) is 0 Å². The van der Waals surface area contributed by atoms with Crippen molar-refractivity contribution in [1.29, 1.82) is 0 Å². The van der Waals surface area contributed by atoms with Crippen molar-refractivity contribution >= 4 is 17.3 Å². The predicted molar refractivity (Wildman–Crippen MR) is 93.4 cm³/mol. The van der Waals surface area contributed by atoms with Gasteiger partial charge in [-0.05, 0) is 30.9 Å². The minimum atomic E-state index is -0.366. The third kappa shape index (κ3) is 3.71. The van der Waals surface area contributed by atoms with Crippen LogP contribution < -0.4 is 15.6 Å². The average Bonchev–Trinajstić information content (AvgIpc) is 2.64. The molecule has 1 aliphatic rings. The summed E-state index contributed by atoms with van der Waals surface area (Å²) >= 11 is 6.24. The highest BCUT2D eigenvalue weighted by Crippen LogP contribution is 2.20. The number of benzene rings is 1. The second-order valence-electron chi connectivity index (χ2n) is 5.75. The second-order valence-corrected chi connectivity index (χ2v) is 6.13. The van der Waals surface area contributed by atoms with E-state index in [1.807, 2.05) is 0 Å². The maximum absolute atomic E-state index is 12.5. The van der Waals surface area contributed by atoms with Gasteiger partial charge in [-0.25, -0.2) is 0 Å². The molecule has 0 saturated carbocycles. The first-order valence-electron chi connectivity index (χ1n) is 7.93. The molecule has 2 aromatic rings. The summed E-state index contributed by atoms with van der Waals surface area (Å²) in [6.45, 7) is 2.28. The fraction of sp³-hybridized carbons (Fsp3) is 0.412. The molecule has 128 valence electrons. The molecule has 24 heavy (non-hydrogen) atoms. The van der Waals surface area contributed by atoms with Crippen molar-refractivity contribution in [3.63, 3.8) is 0 Å². The van der Waals surface area contributed by atoms with Crippen molar-refractivity contribution in [3.8, 4) is 11.4 Å². The third-order valence-electron chi connectivity index (χ3n) is 4.05. The Morgan fingerprint density at radius 3 is 3.12 bits per heavy atom. The molecule has 3 rings (SSSR count). The Balaban J connectivity index is 1.79. The molecule has 0 radical (unpaired) electrons.